The molecule has 2 N–H and O–H groups in total. The van der Waals surface area contributed by atoms with Gasteiger partial charge in [-0.2, -0.15) is 18.2 Å². The molecule has 0 bridgehead atoms. The molecule has 0 saturated carbocycles. The highest BCUT2D eigenvalue weighted by Crippen LogP contribution is 2.14. The zero-order valence-corrected chi connectivity index (χ0v) is 9.55. The molecule has 1 amide bonds. The molecule has 0 radical (unpaired) electrons. The summed E-state index contributed by atoms with van der Waals surface area (Å²) < 4.78 is 36.9. The van der Waals surface area contributed by atoms with Crippen LogP contribution in [0.15, 0.2) is 12.4 Å². The van der Waals surface area contributed by atoms with Gasteiger partial charge in [0.25, 0.3) is 5.78 Å². The Morgan fingerprint density at radius 1 is 1.40 bits per heavy atom. The van der Waals surface area contributed by atoms with E-state index in [0.717, 1.165) is 16.9 Å². The first-order valence-electron chi connectivity index (χ1n) is 5.07. The van der Waals surface area contributed by atoms with Gasteiger partial charge in [-0.1, -0.05) is 0 Å². The lowest BCUT2D eigenvalue weighted by Gasteiger charge is -2.04. The largest absolute Gasteiger partial charge is 0.478 e. The number of carboxylic acids is 1. The normalized spacial score (nSPS) is 11.6. The van der Waals surface area contributed by atoms with Crippen molar-refractivity contribution in [3.05, 3.63) is 23.8 Å². The lowest BCUT2D eigenvalue weighted by molar-refractivity contribution is -0.173. The number of amides is 1. The molecule has 2 heterocycles. The Hall–Kier alpha value is -2.72. The zero-order valence-electron chi connectivity index (χ0n) is 9.55. The first-order valence-corrected chi connectivity index (χ1v) is 5.07. The predicted octanol–water partition coefficient (Wildman–Crippen LogP) is 0.001000. The van der Waals surface area contributed by atoms with E-state index >= 15 is 0 Å². The molecule has 106 valence electrons. The van der Waals surface area contributed by atoms with E-state index < -0.39 is 24.6 Å². The Kier molecular flexibility index (Phi) is 3.26. The molecule has 8 nitrogen and oxygen atoms in total. The number of nitrogens with zero attached hydrogens (tertiary/aromatic N) is 4. The van der Waals surface area contributed by atoms with Gasteiger partial charge in [0, 0.05) is 12.4 Å². The smallest absolute Gasteiger partial charge is 0.471 e. The summed E-state index contributed by atoms with van der Waals surface area (Å²) in [5.74, 6) is -3.47. The first kappa shape index (κ1) is 13.7. The zero-order chi connectivity index (χ0) is 14.9. The summed E-state index contributed by atoms with van der Waals surface area (Å²) in [5, 5.41) is 14.0. The topological polar surface area (TPSA) is 109 Å². The van der Waals surface area contributed by atoms with Crippen molar-refractivity contribution in [2.75, 3.05) is 0 Å². The highest BCUT2D eigenvalue weighted by Gasteiger charge is 2.38. The summed E-state index contributed by atoms with van der Waals surface area (Å²) in [4.78, 5) is 28.7. The number of halogens is 3. The molecule has 2 aromatic rings. The average Bonchev–Trinajstić information content (AvgIpc) is 2.76. The second kappa shape index (κ2) is 4.75. The van der Waals surface area contributed by atoms with E-state index in [-0.39, 0.29) is 17.2 Å². The number of alkyl halides is 3. The van der Waals surface area contributed by atoms with E-state index in [0.29, 0.717) is 0 Å². The fraction of sp³-hybridized carbons (Fsp3) is 0.222. The van der Waals surface area contributed by atoms with E-state index in [2.05, 4.69) is 15.1 Å². The van der Waals surface area contributed by atoms with Gasteiger partial charge in [-0.3, -0.25) is 4.79 Å². The number of hydrogen-bond donors (Lipinski definition) is 2. The summed E-state index contributed by atoms with van der Waals surface area (Å²) >= 11 is 0. The fourth-order valence-corrected chi connectivity index (χ4v) is 1.27. The number of rotatable bonds is 3. The second-order valence-electron chi connectivity index (χ2n) is 3.60. The summed E-state index contributed by atoms with van der Waals surface area (Å²) in [6.07, 6.45) is -2.86. The molecule has 2 aromatic heterocycles. The van der Waals surface area contributed by atoms with E-state index in [4.69, 9.17) is 5.11 Å². The lowest BCUT2D eigenvalue weighted by Crippen LogP contribution is -2.36. The van der Waals surface area contributed by atoms with Gasteiger partial charge in [0.2, 0.25) is 0 Å². The quantitative estimate of drug-likeness (QED) is 0.823. The van der Waals surface area contributed by atoms with Crippen molar-refractivity contribution >= 4 is 17.7 Å². The minimum absolute atomic E-state index is 0.00579. The molecule has 0 unspecified atom stereocenters. The van der Waals surface area contributed by atoms with E-state index in [1.807, 2.05) is 0 Å². The molecular formula is C9H6F3N5O3. The minimum Gasteiger partial charge on any atom is -0.478 e. The van der Waals surface area contributed by atoms with Crippen molar-refractivity contribution in [1.29, 1.82) is 0 Å². The number of carbonyl (C=O) groups excluding carboxylic acids is 1. The van der Waals surface area contributed by atoms with Crippen LogP contribution in [-0.2, 0) is 11.3 Å². The van der Waals surface area contributed by atoms with Gasteiger partial charge >= 0.3 is 18.1 Å². The third-order valence-corrected chi connectivity index (χ3v) is 2.15. The SMILES string of the molecule is O=C(O)c1cnc2nc(CNC(=O)C(F)(F)F)nn2c1. The number of nitrogens with one attached hydrogen (secondary N) is 1. The van der Waals surface area contributed by atoms with Crippen LogP contribution in [0.4, 0.5) is 13.2 Å². The van der Waals surface area contributed by atoms with Crippen molar-refractivity contribution in [3.63, 3.8) is 0 Å². The Bertz CT molecular complexity index is 681. The molecule has 0 atom stereocenters. The van der Waals surface area contributed by atoms with Crippen molar-refractivity contribution in [3.8, 4) is 0 Å². The van der Waals surface area contributed by atoms with E-state index in [9.17, 15) is 22.8 Å². The van der Waals surface area contributed by atoms with Crippen LogP contribution in [0, 0.1) is 0 Å². The summed E-state index contributed by atoms with van der Waals surface area (Å²) in [5.41, 5.74) is -0.159. The maximum Gasteiger partial charge on any atom is 0.471 e. The van der Waals surface area contributed by atoms with Crippen LogP contribution in [0.2, 0.25) is 0 Å². The van der Waals surface area contributed by atoms with Crippen LogP contribution >= 0.6 is 0 Å². The molecule has 0 fully saturated rings. The first-order chi connectivity index (χ1) is 9.27. The molecule has 20 heavy (non-hydrogen) atoms. The molecule has 0 aliphatic rings. The molecule has 0 spiro atoms. The summed E-state index contributed by atoms with van der Waals surface area (Å²) in [6, 6.07) is 0. The second-order valence-corrected chi connectivity index (χ2v) is 3.60. The molecule has 0 saturated heterocycles. The third-order valence-electron chi connectivity index (χ3n) is 2.15. The van der Waals surface area contributed by atoms with Gasteiger partial charge in [0.15, 0.2) is 5.82 Å². The molecule has 0 aliphatic carbocycles. The minimum atomic E-state index is -4.99. The van der Waals surface area contributed by atoms with Crippen LogP contribution in [0.3, 0.4) is 0 Å². The van der Waals surface area contributed by atoms with Crippen LogP contribution in [0.1, 0.15) is 16.2 Å². The molecular weight excluding hydrogens is 283 g/mol. The van der Waals surface area contributed by atoms with Gasteiger partial charge in [-0.05, 0) is 0 Å². The Labute approximate surface area is 108 Å². The highest BCUT2D eigenvalue weighted by molar-refractivity contribution is 5.86. The number of aromatic nitrogens is 4. The Morgan fingerprint density at radius 2 is 2.10 bits per heavy atom. The molecule has 11 heteroatoms. The standard InChI is InChI=1S/C9H6F3N5O3/c10-9(11,12)7(20)13-2-5-15-8-14-1-4(6(18)19)3-17(8)16-5/h1,3H,2H2,(H,13,20)(H,18,19). The molecule has 2 rings (SSSR count). The van der Waals surface area contributed by atoms with Crippen LogP contribution in [-0.4, -0.2) is 42.7 Å². The third kappa shape index (κ3) is 2.81. The van der Waals surface area contributed by atoms with Crippen LogP contribution in [0.5, 0.6) is 0 Å². The van der Waals surface area contributed by atoms with Crippen LogP contribution in [0.25, 0.3) is 5.78 Å². The maximum atomic E-state index is 12.0. The van der Waals surface area contributed by atoms with E-state index in [1.54, 1.807) is 5.32 Å². The monoisotopic (exact) mass is 289 g/mol. The number of carbonyl (C=O) groups is 2. The van der Waals surface area contributed by atoms with E-state index in [1.165, 1.54) is 0 Å². The van der Waals surface area contributed by atoms with Crippen molar-refractivity contribution in [2.45, 2.75) is 12.7 Å². The average molecular weight is 289 g/mol. The number of fused-ring (bicyclic) bond motifs is 1. The van der Waals surface area contributed by atoms with Crippen molar-refractivity contribution < 1.29 is 27.9 Å². The number of hydrogen-bond acceptors (Lipinski definition) is 5. The van der Waals surface area contributed by atoms with Gasteiger partial charge in [0.1, 0.15) is 0 Å². The van der Waals surface area contributed by atoms with Gasteiger partial charge in [0.05, 0.1) is 12.1 Å². The van der Waals surface area contributed by atoms with Crippen molar-refractivity contribution in [1.82, 2.24) is 24.9 Å². The highest BCUT2D eigenvalue weighted by atomic mass is 19.4. The van der Waals surface area contributed by atoms with Gasteiger partial charge < -0.3 is 10.4 Å². The van der Waals surface area contributed by atoms with Gasteiger partial charge in [-0.15, -0.1) is 5.10 Å². The fourth-order valence-electron chi connectivity index (χ4n) is 1.27. The molecule has 0 aliphatic heterocycles. The van der Waals surface area contributed by atoms with Gasteiger partial charge in [-0.25, -0.2) is 14.3 Å². The number of aromatic carboxylic acids is 1. The Balaban J connectivity index is 2.16. The maximum absolute atomic E-state index is 12.0. The van der Waals surface area contributed by atoms with Crippen LogP contribution < -0.4 is 5.32 Å². The predicted molar refractivity (Wildman–Crippen MR) is 55.6 cm³/mol. The summed E-state index contributed by atoms with van der Waals surface area (Å²) in [6.45, 7) is -0.551. The number of carboxylic acid groups (broad SMARTS) is 1. The van der Waals surface area contributed by atoms with Crippen molar-refractivity contribution in [2.24, 2.45) is 0 Å². The summed E-state index contributed by atoms with van der Waals surface area (Å²) in [7, 11) is 0. The lowest BCUT2D eigenvalue weighted by atomic mass is 10.4. The molecule has 0 aromatic carbocycles. The Morgan fingerprint density at radius 3 is 2.70 bits per heavy atom.